The zero-order valence-corrected chi connectivity index (χ0v) is 12.5. The van der Waals surface area contributed by atoms with Crippen molar-refractivity contribution in [1.29, 1.82) is 0 Å². The molecule has 0 radical (unpaired) electrons. The first kappa shape index (κ1) is 14.0. The van der Waals surface area contributed by atoms with Crippen molar-refractivity contribution in [1.82, 2.24) is 15.5 Å². The minimum Gasteiger partial charge on any atom is -0.374 e. The molecule has 1 aromatic heterocycles. The standard InChI is InChI=1S/C15H25N3O2/c1-11-6-7-13(19-11)10-16-15(8-4-3-5-9-15)14-17-12(2)20-18-14/h11,13,16H,3-10H2,1-2H3. The van der Waals surface area contributed by atoms with Crippen LogP contribution < -0.4 is 5.32 Å². The van der Waals surface area contributed by atoms with Crippen LogP contribution in [0.2, 0.25) is 0 Å². The average molecular weight is 279 g/mol. The van der Waals surface area contributed by atoms with Gasteiger partial charge in [-0.05, 0) is 32.6 Å². The lowest BCUT2D eigenvalue weighted by atomic mass is 9.81. The van der Waals surface area contributed by atoms with E-state index in [1.807, 2.05) is 6.92 Å². The molecular weight excluding hydrogens is 254 g/mol. The molecule has 0 bridgehead atoms. The molecule has 2 unspecified atom stereocenters. The lowest BCUT2D eigenvalue weighted by Gasteiger charge is -2.36. The Labute approximate surface area is 120 Å². The van der Waals surface area contributed by atoms with E-state index in [0.717, 1.165) is 31.6 Å². The van der Waals surface area contributed by atoms with Crippen molar-refractivity contribution in [3.8, 4) is 0 Å². The van der Waals surface area contributed by atoms with Crippen LogP contribution in [0.5, 0.6) is 0 Å². The Balaban J connectivity index is 1.69. The van der Waals surface area contributed by atoms with Gasteiger partial charge in [0.1, 0.15) is 0 Å². The summed E-state index contributed by atoms with van der Waals surface area (Å²) in [5, 5.41) is 7.90. The van der Waals surface area contributed by atoms with Crippen LogP contribution >= 0.6 is 0 Å². The zero-order valence-electron chi connectivity index (χ0n) is 12.5. The molecule has 0 spiro atoms. The topological polar surface area (TPSA) is 60.2 Å². The van der Waals surface area contributed by atoms with Gasteiger partial charge in [0.05, 0.1) is 17.7 Å². The molecule has 5 nitrogen and oxygen atoms in total. The molecule has 5 heteroatoms. The van der Waals surface area contributed by atoms with Crippen LogP contribution in [-0.4, -0.2) is 28.9 Å². The maximum atomic E-state index is 5.91. The molecule has 1 N–H and O–H groups in total. The number of rotatable bonds is 4. The van der Waals surface area contributed by atoms with Gasteiger partial charge in [0.15, 0.2) is 5.82 Å². The Hall–Kier alpha value is -0.940. The number of hydrogen-bond acceptors (Lipinski definition) is 5. The number of aromatic nitrogens is 2. The third-order valence-electron chi connectivity index (χ3n) is 4.65. The highest BCUT2D eigenvalue weighted by atomic mass is 16.5. The Morgan fingerprint density at radius 1 is 1.25 bits per heavy atom. The SMILES string of the molecule is Cc1nc(C2(NCC3CCC(C)O3)CCCCC2)no1. The number of nitrogens with zero attached hydrogens (tertiary/aromatic N) is 2. The fourth-order valence-corrected chi connectivity index (χ4v) is 3.47. The van der Waals surface area contributed by atoms with E-state index in [2.05, 4.69) is 22.4 Å². The fourth-order valence-electron chi connectivity index (χ4n) is 3.47. The largest absolute Gasteiger partial charge is 0.374 e. The van der Waals surface area contributed by atoms with E-state index in [1.165, 1.54) is 25.7 Å². The highest BCUT2D eigenvalue weighted by Gasteiger charge is 2.38. The van der Waals surface area contributed by atoms with E-state index in [4.69, 9.17) is 9.26 Å². The lowest BCUT2D eigenvalue weighted by molar-refractivity contribution is 0.0463. The summed E-state index contributed by atoms with van der Waals surface area (Å²) in [6.07, 6.45) is 8.98. The molecule has 1 saturated carbocycles. The van der Waals surface area contributed by atoms with Crippen molar-refractivity contribution in [2.24, 2.45) is 0 Å². The molecule has 1 aliphatic heterocycles. The molecule has 2 fully saturated rings. The van der Waals surface area contributed by atoms with Gasteiger partial charge >= 0.3 is 0 Å². The highest BCUT2D eigenvalue weighted by molar-refractivity contribution is 5.07. The van der Waals surface area contributed by atoms with E-state index in [9.17, 15) is 0 Å². The average Bonchev–Trinajstić information content (AvgIpc) is 3.07. The second-order valence-corrected chi connectivity index (χ2v) is 6.31. The van der Waals surface area contributed by atoms with E-state index < -0.39 is 0 Å². The number of hydrogen-bond donors (Lipinski definition) is 1. The van der Waals surface area contributed by atoms with Gasteiger partial charge in [-0.25, -0.2) is 0 Å². The van der Waals surface area contributed by atoms with Gasteiger partial charge in [-0.3, -0.25) is 0 Å². The first-order valence-corrected chi connectivity index (χ1v) is 7.89. The van der Waals surface area contributed by atoms with Gasteiger partial charge in [0.2, 0.25) is 5.89 Å². The van der Waals surface area contributed by atoms with E-state index in [0.29, 0.717) is 18.1 Å². The molecule has 0 amide bonds. The van der Waals surface area contributed by atoms with Crippen LogP contribution in [0.4, 0.5) is 0 Å². The summed E-state index contributed by atoms with van der Waals surface area (Å²) < 4.78 is 11.1. The van der Waals surface area contributed by atoms with Crippen molar-refractivity contribution in [2.75, 3.05) is 6.54 Å². The third kappa shape index (κ3) is 2.88. The second-order valence-electron chi connectivity index (χ2n) is 6.31. The highest BCUT2D eigenvalue weighted by Crippen LogP contribution is 2.36. The number of aryl methyl sites for hydroxylation is 1. The van der Waals surface area contributed by atoms with Crippen LogP contribution in [0, 0.1) is 6.92 Å². The van der Waals surface area contributed by atoms with Crippen LogP contribution in [0.1, 0.15) is 63.6 Å². The van der Waals surface area contributed by atoms with Crippen molar-refractivity contribution in [3.63, 3.8) is 0 Å². The zero-order chi connectivity index (χ0) is 14.0. The Morgan fingerprint density at radius 3 is 2.65 bits per heavy atom. The molecular formula is C15H25N3O2. The molecule has 0 aromatic carbocycles. The smallest absolute Gasteiger partial charge is 0.223 e. The third-order valence-corrected chi connectivity index (χ3v) is 4.65. The van der Waals surface area contributed by atoms with Gasteiger partial charge < -0.3 is 14.6 Å². The van der Waals surface area contributed by atoms with E-state index in [1.54, 1.807) is 0 Å². The first-order valence-electron chi connectivity index (χ1n) is 7.89. The predicted molar refractivity (Wildman–Crippen MR) is 75.4 cm³/mol. The number of ether oxygens (including phenoxy) is 1. The first-order chi connectivity index (χ1) is 9.68. The minimum atomic E-state index is -0.106. The summed E-state index contributed by atoms with van der Waals surface area (Å²) in [4.78, 5) is 4.49. The van der Waals surface area contributed by atoms with Crippen molar-refractivity contribution < 1.29 is 9.26 Å². The van der Waals surface area contributed by atoms with E-state index >= 15 is 0 Å². The molecule has 1 aliphatic carbocycles. The summed E-state index contributed by atoms with van der Waals surface area (Å²) in [7, 11) is 0. The maximum absolute atomic E-state index is 5.91. The van der Waals surface area contributed by atoms with Gasteiger partial charge in [0, 0.05) is 13.5 Å². The van der Waals surface area contributed by atoms with Crippen LogP contribution in [-0.2, 0) is 10.3 Å². The summed E-state index contributed by atoms with van der Waals surface area (Å²) in [5.74, 6) is 1.48. The molecule has 1 saturated heterocycles. The Bertz CT molecular complexity index is 440. The van der Waals surface area contributed by atoms with Crippen molar-refractivity contribution in [3.05, 3.63) is 11.7 Å². The predicted octanol–water partition coefficient (Wildman–Crippen LogP) is 2.69. The lowest BCUT2D eigenvalue weighted by Crippen LogP contribution is -2.47. The Morgan fingerprint density at radius 2 is 2.05 bits per heavy atom. The Kier molecular flexibility index (Phi) is 4.08. The van der Waals surface area contributed by atoms with Crippen LogP contribution in [0.15, 0.2) is 4.52 Å². The molecule has 20 heavy (non-hydrogen) atoms. The van der Waals surface area contributed by atoms with Crippen LogP contribution in [0.25, 0.3) is 0 Å². The second kappa shape index (κ2) is 5.82. The quantitative estimate of drug-likeness (QED) is 0.918. The van der Waals surface area contributed by atoms with E-state index in [-0.39, 0.29) is 5.54 Å². The normalized spacial score (nSPS) is 29.7. The van der Waals surface area contributed by atoms with Crippen molar-refractivity contribution >= 4 is 0 Å². The molecule has 1 aromatic rings. The summed E-state index contributed by atoms with van der Waals surface area (Å²) >= 11 is 0. The fraction of sp³-hybridized carbons (Fsp3) is 0.867. The molecule has 2 aliphatic rings. The van der Waals surface area contributed by atoms with Gasteiger partial charge in [0.25, 0.3) is 0 Å². The molecule has 2 heterocycles. The van der Waals surface area contributed by atoms with Gasteiger partial charge in [-0.15, -0.1) is 0 Å². The monoisotopic (exact) mass is 279 g/mol. The minimum absolute atomic E-state index is 0.106. The van der Waals surface area contributed by atoms with Crippen LogP contribution in [0.3, 0.4) is 0 Å². The van der Waals surface area contributed by atoms with Gasteiger partial charge in [-0.1, -0.05) is 24.4 Å². The van der Waals surface area contributed by atoms with Crippen molar-refractivity contribution in [2.45, 2.75) is 76.5 Å². The maximum Gasteiger partial charge on any atom is 0.223 e. The summed E-state index contributed by atoms with van der Waals surface area (Å²) in [6, 6.07) is 0. The molecule has 3 rings (SSSR count). The van der Waals surface area contributed by atoms with Gasteiger partial charge in [-0.2, -0.15) is 4.98 Å². The molecule has 2 atom stereocenters. The summed E-state index contributed by atoms with van der Waals surface area (Å²) in [5.41, 5.74) is -0.106. The summed E-state index contributed by atoms with van der Waals surface area (Å²) in [6.45, 7) is 4.89. The molecule has 112 valence electrons. The number of nitrogens with one attached hydrogen (secondary N) is 1.